The molecule has 5 heteroatoms. The Bertz CT molecular complexity index is 786. The summed E-state index contributed by atoms with van der Waals surface area (Å²) < 4.78 is 1.83. The third-order valence-corrected chi connectivity index (χ3v) is 4.73. The van der Waals surface area contributed by atoms with Gasteiger partial charge >= 0.3 is 0 Å². The summed E-state index contributed by atoms with van der Waals surface area (Å²) >= 11 is 0. The SMILES string of the molecule is CC(C)c1ccc([C@@H]2C3=C(CCCC3=O)Nc3ncnn32)cc1. The van der Waals surface area contributed by atoms with Crippen LogP contribution in [0.3, 0.4) is 0 Å². The molecule has 4 rings (SSSR count). The molecule has 0 fully saturated rings. The smallest absolute Gasteiger partial charge is 0.226 e. The lowest BCUT2D eigenvalue weighted by Gasteiger charge is -2.32. The summed E-state index contributed by atoms with van der Waals surface area (Å²) in [7, 11) is 0. The minimum Gasteiger partial charge on any atom is -0.328 e. The zero-order valence-corrected chi connectivity index (χ0v) is 13.4. The van der Waals surface area contributed by atoms with Gasteiger partial charge in [-0.1, -0.05) is 38.1 Å². The Labute approximate surface area is 135 Å². The Balaban J connectivity index is 1.84. The Morgan fingerprint density at radius 1 is 1.22 bits per heavy atom. The number of allylic oxidation sites excluding steroid dienone is 2. The van der Waals surface area contributed by atoms with Gasteiger partial charge in [0.15, 0.2) is 5.78 Å². The van der Waals surface area contributed by atoms with Crippen LogP contribution in [0.5, 0.6) is 0 Å². The van der Waals surface area contributed by atoms with Gasteiger partial charge in [-0.05, 0) is 29.9 Å². The van der Waals surface area contributed by atoms with E-state index in [9.17, 15) is 4.79 Å². The summed E-state index contributed by atoms with van der Waals surface area (Å²) in [6.07, 6.45) is 3.96. The molecule has 1 aromatic heterocycles. The lowest BCUT2D eigenvalue weighted by atomic mass is 9.85. The second kappa shape index (κ2) is 5.33. The summed E-state index contributed by atoms with van der Waals surface area (Å²) in [5, 5.41) is 7.64. The molecule has 1 N–H and O–H groups in total. The normalized spacial score (nSPS) is 20.3. The quantitative estimate of drug-likeness (QED) is 0.923. The number of benzene rings is 1. The molecule has 0 spiro atoms. The van der Waals surface area contributed by atoms with Crippen LogP contribution in [-0.4, -0.2) is 20.5 Å². The molecule has 1 atom stereocenters. The molecule has 118 valence electrons. The lowest BCUT2D eigenvalue weighted by Crippen LogP contribution is -2.31. The van der Waals surface area contributed by atoms with Gasteiger partial charge in [-0.2, -0.15) is 10.1 Å². The number of ketones is 1. The third-order valence-electron chi connectivity index (χ3n) is 4.73. The largest absolute Gasteiger partial charge is 0.328 e. The lowest BCUT2D eigenvalue weighted by molar-refractivity contribution is -0.116. The zero-order valence-electron chi connectivity index (χ0n) is 13.4. The highest BCUT2D eigenvalue weighted by Crippen LogP contribution is 2.39. The highest BCUT2D eigenvalue weighted by molar-refractivity contribution is 5.99. The van der Waals surface area contributed by atoms with Crippen molar-refractivity contribution in [3.8, 4) is 0 Å². The van der Waals surface area contributed by atoms with Gasteiger partial charge < -0.3 is 5.32 Å². The molecule has 5 nitrogen and oxygen atoms in total. The topological polar surface area (TPSA) is 59.8 Å². The highest BCUT2D eigenvalue weighted by Gasteiger charge is 2.35. The molecular weight excluding hydrogens is 288 g/mol. The molecule has 0 unspecified atom stereocenters. The van der Waals surface area contributed by atoms with Crippen LogP contribution in [0, 0.1) is 0 Å². The van der Waals surface area contributed by atoms with Crippen molar-refractivity contribution < 1.29 is 4.79 Å². The first-order valence-corrected chi connectivity index (χ1v) is 8.18. The minimum atomic E-state index is -0.169. The van der Waals surface area contributed by atoms with Gasteiger partial charge in [0, 0.05) is 17.7 Å². The number of fused-ring (bicyclic) bond motifs is 1. The maximum absolute atomic E-state index is 12.6. The van der Waals surface area contributed by atoms with Crippen molar-refractivity contribution in [2.45, 2.75) is 45.1 Å². The average molecular weight is 308 g/mol. The van der Waals surface area contributed by atoms with E-state index in [1.54, 1.807) is 6.33 Å². The van der Waals surface area contributed by atoms with Crippen molar-refractivity contribution in [3.63, 3.8) is 0 Å². The van der Waals surface area contributed by atoms with E-state index in [0.29, 0.717) is 12.3 Å². The number of rotatable bonds is 2. The first-order valence-electron chi connectivity index (χ1n) is 8.18. The average Bonchev–Trinajstić information content (AvgIpc) is 3.01. The number of anilines is 1. The van der Waals surface area contributed by atoms with Crippen LogP contribution in [0.2, 0.25) is 0 Å². The molecule has 2 aliphatic rings. The van der Waals surface area contributed by atoms with Crippen molar-refractivity contribution in [1.82, 2.24) is 14.8 Å². The zero-order chi connectivity index (χ0) is 16.0. The van der Waals surface area contributed by atoms with Crippen molar-refractivity contribution in [3.05, 3.63) is 53.0 Å². The number of nitrogens with zero attached hydrogens (tertiary/aromatic N) is 3. The molecule has 0 saturated carbocycles. The van der Waals surface area contributed by atoms with Gasteiger partial charge in [0.2, 0.25) is 5.95 Å². The number of Topliss-reactive ketones (excluding diaryl/α,β-unsaturated/α-hetero) is 1. The fourth-order valence-corrected chi connectivity index (χ4v) is 3.47. The molecule has 2 aromatic rings. The van der Waals surface area contributed by atoms with Crippen LogP contribution in [0.1, 0.15) is 56.2 Å². The van der Waals surface area contributed by atoms with Crippen LogP contribution in [-0.2, 0) is 4.79 Å². The van der Waals surface area contributed by atoms with Crippen LogP contribution >= 0.6 is 0 Å². The summed E-state index contributed by atoms with van der Waals surface area (Å²) in [4.78, 5) is 16.8. The maximum atomic E-state index is 12.6. The van der Waals surface area contributed by atoms with Gasteiger partial charge in [0.1, 0.15) is 12.4 Å². The molecule has 1 aromatic carbocycles. The molecule has 0 saturated heterocycles. The highest BCUT2D eigenvalue weighted by atomic mass is 16.1. The van der Waals surface area contributed by atoms with Gasteiger partial charge in [0.25, 0.3) is 0 Å². The van der Waals surface area contributed by atoms with Gasteiger partial charge in [-0.3, -0.25) is 4.79 Å². The van der Waals surface area contributed by atoms with Crippen molar-refractivity contribution in [2.24, 2.45) is 0 Å². The van der Waals surface area contributed by atoms with Crippen LogP contribution in [0.25, 0.3) is 0 Å². The van der Waals surface area contributed by atoms with E-state index in [2.05, 4.69) is 53.5 Å². The summed E-state index contributed by atoms with van der Waals surface area (Å²) in [6, 6.07) is 8.35. The molecule has 0 radical (unpaired) electrons. The molecule has 1 aliphatic heterocycles. The van der Waals surface area contributed by atoms with E-state index >= 15 is 0 Å². The summed E-state index contributed by atoms with van der Waals surface area (Å²) in [5.74, 6) is 1.43. The molecule has 0 amide bonds. The van der Waals surface area contributed by atoms with Crippen LogP contribution < -0.4 is 5.32 Å². The van der Waals surface area contributed by atoms with E-state index in [0.717, 1.165) is 35.6 Å². The predicted octanol–water partition coefficient (Wildman–Crippen LogP) is 3.42. The number of hydrogen-bond acceptors (Lipinski definition) is 4. The van der Waals surface area contributed by atoms with Gasteiger partial charge in [0.05, 0.1) is 0 Å². The molecule has 23 heavy (non-hydrogen) atoms. The summed E-state index contributed by atoms with van der Waals surface area (Å²) in [6.45, 7) is 4.36. The predicted molar refractivity (Wildman–Crippen MR) is 88.2 cm³/mol. The monoisotopic (exact) mass is 308 g/mol. The fourth-order valence-electron chi connectivity index (χ4n) is 3.47. The third kappa shape index (κ3) is 2.27. The van der Waals surface area contributed by atoms with Crippen molar-refractivity contribution >= 4 is 11.7 Å². The summed E-state index contributed by atoms with van der Waals surface area (Å²) in [5.41, 5.74) is 4.25. The number of nitrogens with one attached hydrogen (secondary N) is 1. The van der Waals surface area contributed by atoms with E-state index in [-0.39, 0.29) is 11.8 Å². The molecule has 2 heterocycles. The van der Waals surface area contributed by atoms with E-state index in [1.807, 2.05) is 4.68 Å². The Morgan fingerprint density at radius 2 is 2.00 bits per heavy atom. The first-order chi connectivity index (χ1) is 11.1. The Kier molecular flexibility index (Phi) is 3.29. The number of carbonyl (C=O) groups is 1. The van der Waals surface area contributed by atoms with Crippen LogP contribution in [0.4, 0.5) is 5.95 Å². The minimum absolute atomic E-state index is 0.169. The number of carbonyl (C=O) groups excluding carboxylic acids is 1. The Morgan fingerprint density at radius 3 is 2.74 bits per heavy atom. The fraction of sp³-hybridized carbons (Fsp3) is 0.389. The second-order valence-electron chi connectivity index (χ2n) is 6.55. The van der Waals surface area contributed by atoms with Crippen molar-refractivity contribution in [1.29, 1.82) is 0 Å². The van der Waals surface area contributed by atoms with E-state index < -0.39 is 0 Å². The van der Waals surface area contributed by atoms with E-state index in [4.69, 9.17) is 0 Å². The van der Waals surface area contributed by atoms with Gasteiger partial charge in [-0.15, -0.1) is 0 Å². The van der Waals surface area contributed by atoms with E-state index in [1.165, 1.54) is 5.56 Å². The Hall–Kier alpha value is -2.43. The number of hydrogen-bond donors (Lipinski definition) is 1. The molecule has 1 aliphatic carbocycles. The first kappa shape index (κ1) is 14.2. The number of aromatic nitrogens is 3. The van der Waals surface area contributed by atoms with Gasteiger partial charge in [-0.25, -0.2) is 4.68 Å². The standard InChI is InChI=1S/C18H20N4O/c1-11(2)12-6-8-13(9-7-12)17-16-14(4-3-5-15(16)23)21-18-19-10-20-22(17)18/h6-11,17H,3-5H2,1-2H3,(H,19,20,21)/t17-/m1/s1. The van der Waals surface area contributed by atoms with Crippen LogP contribution in [0.15, 0.2) is 41.9 Å². The molecular formula is C18H20N4O. The maximum Gasteiger partial charge on any atom is 0.226 e. The molecule has 0 bridgehead atoms. The van der Waals surface area contributed by atoms with Crippen molar-refractivity contribution in [2.75, 3.05) is 5.32 Å². The second-order valence-corrected chi connectivity index (χ2v) is 6.55.